The lowest BCUT2D eigenvalue weighted by Crippen LogP contribution is -2.51. The fourth-order valence-corrected chi connectivity index (χ4v) is 4.27. The number of halogens is 3. The second-order valence-corrected chi connectivity index (χ2v) is 8.14. The lowest BCUT2D eigenvalue weighted by Gasteiger charge is -2.36. The Morgan fingerprint density at radius 3 is 2.43 bits per heavy atom. The molecule has 2 amide bonds. The normalized spacial score (nSPS) is 19.2. The summed E-state index contributed by atoms with van der Waals surface area (Å²) in [5, 5.41) is 6.83. The zero-order valence-corrected chi connectivity index (χ0v) is 18.8. The third kappa shape index (κ3) is 7.52. The maximum atomic E-state index is 12.3. The zero-order chi connectivity index (χ0) is 18.4. The molecule has 2 saturated heterocycles. The van der Waals surface area contributed by atoms with Crippen molar-refractivity contribution in [2.45, 2.75) is 12.5 Å². The van der Waals surface area contributed by atoms with Gasteiger partial charge in [0.05, 0.1) is 6.54 Å². The van der Waals surface area contributed by atoms with Crippen LogP contribution < -0.4 is 15.5 Å². The number of amides is 2. The maximum absolute atomic E-state index is 12.3. The molecule has 2 heterocycles. The molecule has 0 saturated carbocycles. The molecule has 6 nitrogen and oxygen atoms in total. The molecule has 2 N–H and O–H groups in total. The van der Waals surface area contributed by atoms with Crippen LogP contribution in [-0.4, -0.2) is 73.5 Å². The molecule has 158 valence electrons. The predicted molar refractivity (Wildman–Crippen MR) is 121 cm³/mol. The Hall–Kier alpha value is -0.860. The third-order valence-corrected chi connectivity index (χ3v) is 6.07. The van der Waals surface area contributed by atoms with Gasteiger partial charge in [0.25, 0.3) is 0 Å². The Morgan fingerprint density at radius 1 is 1.14 bits per heavy atom. The van der Waals surface area contributed by atoms with Gasteiger partial charge in [-0.25, -0.2) is 0 Å². The number of nitrogens with one attached hydrogen (secondary N) is 2. The highest BCUT2D eigenvalue weighted by molar-refractivity contribution is 7.99. The van der Waals surface area contributed by atoms with Gasteiger partial charge in [-0.3, -0.25) is 9.59 Å². The van der Waals surface area contributed by atoms with Crippen molar-refractivity contribution in [2.75, 3.05) is 55.7 Å². The van der Waals surface area contributed by atoms with Crippen LogP contribution in [0.25, 0.3) is 0 Å². The van der Waals surface area contributed by atoms with Gasteiger partial charge in [0.2, 0.25) is 11.8 Å². The maximum Gasteiger partial charge on any atom is 0.242 e. The van der Waals surface area contributed by atoms with Gasteiger partial charge in [-0.15, -0.1) is 24.8 Å². The number of thioether (sulfide) groups is 1. The Bertz CT molecular complexity index is 622. The fourth-order valence-electron chi connectivity index (χ4n) is 3.20. The van der Waals surface area contributed by atoms with Crippen LogP contribution in [0.2, 0.25) is 5.02 Å². The molecule has 0 radical (unpaired) electrons. The second kappa shape index (κ2) is 12.6. The molecule has 0 spiro atoms. The van der Waals surface area contributed by atoms with Crippen molar-refractivity contribution < 1.29 is 9.59 Å². The second-order valence-electron chi connectivity index (χ2n) is 6.55. The number of benzene rings is 1. The summed E-state index contributed by atoms with van der Waals surface area (Å²) >= 11 is 7.79. The van der Waals surface area contributed by atoms with Crippen LogP contribution in [0.1, 0.15) is 6.42 Å². The van der Waals surface area contributed by atoms with Gasteiger partial charge in [-0.05, 0) is 24.3 Å². The molecule has 2 fully saturated rings. The Balaban J connectivity index is 0.00000196. The Kier molecular flexibility index (Phi) is 11.4. The van der Waals surface area contributed by atoms with Gasteiger partial charge < -0.3 is 20.4 Å². The highest BCUT2D eigenvalue weighted by atomic mass is 35.5. The molecule has 10 heteroatoms. The standard InChI is InChI=1S/C18H25ClN4O2S.2ClH/c19-14-1-3-16(4-2-14)22-6-8-23(9-7-22)18(25)12-21-17(24)11-15-13-26-10-5-20-15;;/h1-4,15,20H,5-13H2,(H,21,24);2*1H. The van der Waals surface area contributed by atoms with E-state index in [2.05, 4.69) is 15.5 Å². The van der Waals surface area contributed by atoms with E-state index in [0.29, 0.717) is 19.5 Å². The van der Waals surface area contributed by atoms with E-state index >= 15 is 0 Å². The van der Waals surface area contributed by atoms with Crippen LogP contribution in [0.3, 0.4) is 0 Å². The summed E-state index contributed by atoms with van der Waals surface area (Å²) < 4.78 is 0. The minimum atomic E-state index is -0.0573. The number of rotatable bonds is 5. The van der Waals surface area contributed by atoms with E-state index in [1.807, 2.05) is 40.9 Å². The van der Waals surface area contributed by atoms with Gasteiger partial charge >= 0.3 is 0 Å². The molecule has 2 aliphatic heterocycles. The van der Waals surface area contributed by atoms with E-state index in [9.17, 15) is 9.59 Å². The van der Waals surface area contributed by atoms with Crippen LogP contribution in [0.5, 0.6) is 0 Å². The SMILES string of the molecule is Cl.Cl.O=C(CC1CSCCN1)NCC(=O)N1CCN(c2ccc(Cl)cc2)CC1. The van der Waals surface area contributed by atoms with Gasteiger partial charge in [-0.2, -0.15) is 11.8 Å². The molecular weight excluding hydrogens is 443 g/mol. The van der Waals surface area contributed by atoms with Gasteiger partial charge in [0.15, 0.2) is 0 Å². The first kappa shape index (κ1) is 25.2. The van der Waals surface area contributed by atoms with Gasteiger partial charge in [-0.1, -0.05) is 11.6 Å². The Morgan fingerprint density at radius 2 is 1.82 bits per heavy atom. The quantitative estimate of drug-likeness (QED) is 0.691. The monoisotopic (exact) mass is 468 g/mol. The molecule has 1 atom stereocenters. The first-order valence-electron chi connectivity index (χ1n) is 8.98. The topological polar surface area (TPSA) is 64.7 Å². The first-order valence-corrected chi connectivity index (χ1v) is 10.5. The number of anilines is 1. The van der Waals surface area contributed by atoms with Crippen LogP contribution in [0.4, 0.5) is 5.69 Å². The molecule has 2 aliphatic rings. The minimum Gasteiger partial charge on any atom is -0.368 e. The lowest BCUT2D eigenvalue weighted by molar-refractivity contribution is -0.133. The van der Waals surface area contributed by atoms with Crippen molar-refractivity contribution >= 4 is 65.7 Å². The van der Waals surface area contributed by atoms with E-state index in [-0.39, 0.29) is 49.2 Å². The number of nitrogens with zero attached hydrogens (tertiary/aromatic N) is 2. The molecular formula is C18H27Cl3N4O2S. The summed E-state index contributed by atoms with van der Waals surface area (Å²) in [6, 6.07) is 7.97. The largest absolute Gasteiger partial charge is 0.368 e. The molecule has 1 aromatic carbocycles. The molecule has 3 rings (SSSR count). The van der Waals surface area contributed by atoms with Crippen LogP contribution in [0, 0.1) is 0 Å². The van der Waals surface area contributed by atoms with E-state index in [4.69, 9.17) is 11.6 Å². The number of piperazine rings is 1. The molecule has 1 aromatic rings. The number of carbonyl (C=O) groups excluding carboxylic acids is 2. The van der Waals surface area contributed by atoms with Crippen LogP contribution in [0.15, 0.2) is 24.3 Å². The van der Waals surface area contributed by atoms with E-state index in [0.717, 1.165) is 41.8 Å². The van der Waals surface area contributed by atoms with Crippen molar-refractivity contribution in [1.29, 1.82) is 0 Å². The molecule has 0 aromatic heterocycles. The lowest BCUT2D eigenvalue weighted by atomic mass is 10.2. The van der Waals surface area contributed by atoms with Gasteiger partial charge in [0.1, 0.15) is 0 Å². The number of hydrogen-bond donors (Lipinski definition) is 2. The summed E-state index contributed by atoms with van der Waals surface area (Å²) in [5.41, 5.74) is 1.12. The van der Waals surface area contributed by atoms with E-state index in [1.54, 1.807) is 0 Å². The average molecular weight is 470 g/mol. The summed E-state index contributed by atoms with van der Waals surface area (Å²) in [6.45, 7) is 3.92. The summed E-state index contributed by atoms with van der Waals surface area (Å²) in [4.78, 5) is 28.4. The van der Waals surface area contributed by atoms with E-state index < -0.39 is 0 Å². The highest BCUT2D eigenvalue weighted by Gasteiger charge is 2.22. The average Bonchev–Trinajstić information content (AvgIpc) is 2.68. The summed E-state index contributed by atoms with van der Waals surface area (Å²) in [6.07, 6.45) is 0.435. The highest BCUT2D eigenvalue weighted by Crippen LogP contribution is 2.19. The molecule has 1 unspecified atom stereocenters. The summed E-state index contributed by atoms with van der Waals surface area (Å²) in [5.74, 6) is 1.98. The Labute approximate surface area is 187 Å². The smallest absolute Gasteiger partial charge is 0.242 e. The van der Waals surface area contributed by atoms with Crippen molar-refractivity contribution in [2.24, 2.45) is 0 Å². The van der Waals surface area contributed by atoms with E-state index in [1.165, 1.54) is 0 Å². The van der Waals surface area contributed by atoms with Crippen molar-refractivity contribution in [3.63, 3.8) is 0 Å². The summed E-state index contributed by atoms with van der Waals surface area (Å²) in [7, 11) is 0. The predicted octanol–water partition coefficient (Wildman–Crippen LogP) is 2.04. The molecule has 28 heavy (non-hydrogen) atoms. The van der Waals surface area contributed by atoms with Crippen molar-refractivity contribution in [1.82, 2.24) is 15.5 Å². The molecule has 0 bridgehead atoms. The third-order valence-electron chi connectivity index (χ3n) is 4.69. The number of hydrogen-bond acceptors (Lipinski definition) is 5. The zero-order valence-electron chi connectivity index (χ0n) is 15.6. The minimum absolute atomic E-state index is 0. The fraction of sp³-hybridized carbons (Fsp3) is 0.556. The van der Waals surface area contributed by atoms with Crippen molar-refractivity contribution in [3.05, 3.63) is 29.3 Å². The molecule has 0 aliphatic carbocycles. The van der Waals surface area contributed by atoms with Crippen molar-refractivity contribution in [3.8, 4) is 0 Å². The van der Waals surface area contributed by atoms with Crippen LogP contribution in [-0.2, 0) is 9.59 Å². The first-order chi connectivity index (χ1) is 12.6. The number of carbonyl (C=O) groups is 2. The van der Waals surface area contributed by atoms with Crippen LogP contribution >= 0.6 is 48.2 Å². The van der Waals surface area contributed by atoms with Gasteiger partial charge in [0, 0.05) is 67.4 Å².